The average Bonchev–Trinajstić information content (AvgIpc) is 2.69. The molecule has 5 heteroatoms. The Morgan fingerprint density at radius 1 is 1.79 bits per heavy atom. The maximum atomic E-state index is 8.40. The summed E-state index contributed by atoms with van der Waals surface area (Å²) in [6, 6.07) is 0. The summed E-state index contributed by atoms with van der Waals surface area (Å²) in [7, 11) is 0. The highest BCUT2D eigenvalue weighted by atomic mass is 32.2. The lowest BCUT2D eigenvalue weighted by Gasteiger charge is -2.06. The van der Waals surface area contributed by atoms with Crippen LogP contribution in [0, 0.1) is 11.5 Å². The number of nitriles is 1. The van der Waals surface area contributed by atoms with Gasteiger partial charge in [-0.25, -0.2) is 0 Å². The molecule has 1 rings (SSSR count). The Bertz CT molecular complexity index is 231. The Labute approximate surface area is 88.7 Å². The zero-order valence-corrected chi connectivity index (χ0v) is 9.14. The van der Waals surface area contributed by atoms with Crippen molar-refractivity contribution in [2.75, 3.05) is 19.4 Å². The van der Waals surface area contributed by atoms with Crippen molar-refractivity contribution in [2.45, 2.75) is 25.4 Å². The van der Waals surface area contributed by atoms with Crippen LogP contribution < -0.4 is 5.32 Å². The van der Waals surface area contributed by atoms with Crippen molar-refractivity contribution >= 4 is 16.9 Å². The first kappa shape index (κ1) is 11.3. The van der Waals surface area contributed by atoms with Crippen LogP contribution in [0.1, 0.15) is 19.3 Å². The molecule has 14 heavy (non-hydrogen) atoms. The van der Waals surface area contributed by atoms with E-state index in [9.17, 15) is 0 Å². The number of aliphatic imine (C=N–C) groups is 1. The summed E-state index contributed by atoms with van der Waals surface area (Å²) < 4.78 is 5.47. The van der Waals surface area contributed by atoms with E-state index in [0.29, 0.717) is 11.3 Å². The second-order valence-electron chi connectivity index (χ2n) is 3.05. The lowest BCUT2D eigenvalue weighted by Crippen LogP contribution is -2.15. The lowest BCUT2D eigenvalue weighted by molar-refractivity contribution is 0.106. The van der Waals surface area contributed by atoms with E-state index in [0.717, 1.165) is 26.0 Å². The Hall–Kier alpha value is -0.730. The molecule has 1 N–H and O–H groups in total. The van der Waals surface area contributed by atoms with E-state index >= 15 is 0 Å². The molecule has 1 aliphatic heterocycles. The van der Waals surface area contributed by atoms with Gasteiger partial charge in [-0.2, -0.15) is 5.26 Å². The zero-order chi connectivity index (χ0) is 10.2. The van der Waals surface area contributed by atoms with Gasteiger partial charge in [0.2, 0.25) is 0 Å². The normalized spacial score (nSPS) is 22.0. The minimum absolute atomic E-state index is 0.379. The molecule has 0 radical (unpaired) electrons. The summed E-state index contributed by atoms with van der Waals surface area (Å²) >= 11 is 1.45. The number of ether oxygens (including phenoxy) is 1. The molecule has 0 saturated carbocycles. The maximum Gasteiger partial charge on any atom is 0.183 e. The van der Waals surface area contributed by atoms with Gasteiger partial charge in [-0.3, -0.25) is 10.3 Å². The molecule has 1 saturated heterocycles. The van der Waals surface area contributed by atoms with Gasteiger partial charge < -0.3 is 4.74 Å². The minimum atomic E-state index is 0.379. The van der Waals surface area contributed by atoms with E-state index in [4.69, 9.17) is 10.00 Å². The van der Waals surface area contributed by atoms with Crippen LogP contribution in [-0.4, -0.2) is 30.7 Å². The Balaban J connectivity index is 2.19. The van der Waals surface area contributed by atoms with Crippen LogP contribution in [0.3, 0.4) is 0 Å². The van der Waals surface area contributed by atoms with Gasteiger partial charge in [0.05, 0.1) is 6.10 Å². The molecule has 4 nitrogen and oxygen atoms in total. The first-order valence-electron chi connectivity index (χ1n) is 4.72. The van der Waals surface area contributed by atoms with Crippen LogP contribution in [0.25, 0.3) is 0 Å². The van der Waals surface area contributed by atoms with Gasteiger partial charge in [0.1, 0.15) is 0 Å². The number of hydrogen-bond donors (Lipinski definition) is 1. The monoisotopic (exact) mass is 213 g/mol. The molecule has 1 heterocycles. The summed E-state index contributed by atoms with van der Waals surface area (Å²) in [6.45, 7) is 1.62. The Kier molecular flexibility index (Phi) is 5.42. The third-order valence-corrected chi connectivity index (χ3v) is 2.70. The minimum Gasteiger partial charge on any atom is -0.378 e. The largest absolute Gasteiger partial charge is 0.378 e. The molecule has 1 aliphatic rings. The van der Waals surface area contributed by atoms with Crippen molar-refractivity contribution in [3.8, 4) is 6.19 Å². The molecule has 0 aromatic heterocycles. The van der Waals surface area contributed by atoms with Gasteiger partial charge in [0.25, 0.3) is 0 Å². The SMILES string of the molecule is CSC(=NCCC1CCCO1)NC#N. The fraction of sp³-hybridized carbons (Fsp3) is 0.778. The van der Waals surface area contributed by atoms with E-state index in [1.54, 1.807) is 0 Å². The highest BCUT2D eigenvalue weighted by Crippen LogP contribution is 2.15. The molecule has 1 atom stereocenters. The summed E-state index contributed by atoms with van der Waals surface area (Å²) in [5.41, 5.74) is 0. The van der Waals surface area contributed by atoms with Crippen LogP contribution in [-0.2, 0) is 4.74 Å². The van der Waals surface area contributed by atoms with Crippen LogP contribution in [0.15, 0.2) is 4.99 Å². The van der Waals surface area contributed by atoms with Crippen LogP contribution >= 0.6 is 11.8 Å². The van der Waals surface area contributed by atoms with Crippen LogP contribution in [0.5, 0.6) is 0 Å². The molecule has 0 bridgehead atoms. The van der Waals surface area contributed by atoms with Gasteiger partial charge in [-0.1, -0.05) is 11.8 Å². The third-order valence-electron chi connectivity index (χ3n) is 2.09. The number of hydrogen-bond acceptors (Lipinski definition) is 4. The molecule has 0 aromatic carbocycles. The van der Waals surface area contributed by atoms with Gasteiger partial charge in [0, 0.05) is 13.2 Å². The van der Waals surface area contributed by atoms with Crippen LogP contribution in [0.4, 0.5) is 0 Å². The Morgan fingerprint density at radius 3 is 3.21 bits per heavy atom. The van der Waals surface area contributed by atoms with Crippen LogP contribution in [0.2, 0.25) is 0 Å². The predicted molar refractivity (Wildman–Crippen MR) is 58.2 cm³/mol. The van der Waals surface area contributed by atoms with Crippen molar-refractivity contribution in [1.82, 2.24) is 5.32 Å². The summed E-state index contributed by atoms with van der Waals surface area (Å²) in [4.78, 5) is 4.26. The standard InChI is InChI=1S/C9H15N3OS/c1-14-9(12-7-10)11-5-4-8-3-2-6-13-8/h8H,2-6H2,1H3,(H,11,12). The summed E-state index contributed by atoms with van der Waals surface area (Å²) in [5.74, 6) is 0. The van der Waals surface area contributed by atoms with Crippen molar-refractivity contribution in [2.24, 2.45) is 4.99 Å². The van der Waals surface area contributed by atoms with E-state index in [-0.39, 0.29) is 0 Å². The molecule has 1 unspecified atom stereocenters. The molecule has 0 aromatic rings. The number of nitrogens with zero attached hydrogens (tertiary/aromatic N) is 2. The van der Waals surface area contributed by atoms with Crippen molar-refractivity contribution in [1.29, 1.82) is 5.26 Å². The molecular formula is C9H15N3OS. The predicted octanol–water partition coefficient (Wildman–Crippen LogP) is 1.35. The molecule has 1 fully saturated rings. The van der Waals surface area contributed by atoms with Gasteiger partial charge in [0.15, 0.2) is 11.4 Å². The molecule has 78 valence electrons. The zero-order valence-electron chi connectivity index (χ0n) is 8.32. The quantitative estimate of drug-likeness (QED) is 0.333. The number of rotatable bonds is 3. The Morgan fingerprint density at radius 2 is 2.64 bits per heavy atom. The topological polar surface area (TPSA) is 57.4 Å². The maximum absolute atomic E-state index is 8.40. The average molecular weight is 213 g/mol. The van der Waals surface area contributed by atoms with Gasteiger partial charge >= 0.3 is 0 Å². The summed E-state index contributed by atoms with van der Waals surface area (Å²) in [6.07, 6.45) is 7.41. The van der Waals surface area contributed by atoms with Crippen molar-refractivity contribution in [3.05, 3.63) is 0 Å². The molecular weight excluding hydrogens is 198 g/mol. The molecule has 0 amide bonds. The highest BCUT2D eigenvalue weighted by Gasteiger charge is 2.14. The summed E-state index contributed by atoms with van der Waals surface area (Å²) in [5, 5.41) is 11.6. The smallest absolute Gasteiger partial charge is 0.183 e. The second-order valence-corrected chi connectivity index (χ2v) is 3.85. The van der Waals surface area contributed by atoms with Gasteiger partial charge in [-0.15, -0.1) is 0 Å². The van der Waals surface area contributed by atoms with E-state index in [1.807, 2.05) is 12.4 Å². The number of nitrogens with one attached hydrogen (secondary N) is 1. The van der Waals surface area contributed by atoms with E-state index in [2.05, 4.69) is 10.3 Å². The first-order chi connectivity index (χ1) is 6.86. The third kappa shape index (κ3) is 3.99. The second kappa shape index (κ2) is 6.68. The highest BCUT2D eigenvalue weighted by molar-refractivity contribution is 8.13. The van der Waals surface area contributed by atoms with Gasteiger partial charge in [-0.05, 0) is 25.5 Å². The number of amidine groups is 1. The fourth-order valence-corrected chi connectivity index (χ4v) is 1.75. The fourth-order valence-electron chi connectivity index (χ4n) is 1.39. The van der Waals surface area contributed by atoms with E-state index in [1.165, 1.54) is 18.2 Å². The van der Waals surface area contributed by atoms with Crippen molar-refractivity contribution in [3.63, 3.8) is 0 Å². The first-order valence-corrected chi connectivity index (χ1v) is 5.94. The van der Waals surface area contributed by atoms with Crippen molar-refractivity contribution < 1.29 is 4.74 Å². The number of thioether (sulfide) groups is 1. The molecule has 0 spiro atoms. The lowest BCUT2D eigenvalue weighted by atomic mass is 10.2. The molecule has 0 aliphatic carbocycles. The van der Waals surface area contributed by atoms with E-state index < -0.39 is 0 Å².